The number of carbonyl (C=O) groups is 1. The van der Waals surface area contributed by atoms with Gasteiger partial charge in [-0.25, -0.2) is 4.68 Å². The molecule has 2 aromatic rings. The van der Waals surface area contributed by atoms with Crippen LogP contribution in [-0.2, 0) is 17.8 Å². The summed E-state index contributed by atoms with van der Waals surface area (Å²) in [5.74, 6) is 0.998. The van der Waals surface area contributed by atoms with E-state index in [1.54, 1.807) is 17.3 Å². The maximum Gasteiger partial charge on any atom is 0.220 e. The second-order valence-electron chi connectivity index (χ2n) is 6.42. The zero-order valence-electron chi connectivity index (χ0n) is 13.3. The molecule has 2 aromatic heterocycles. The lowest BCUT2D eigenvalue weighted by molar-refractivity contribution is -0.124. The highest BCUT2D eigenvalue weighted by atomic mass is 16.3. The second-order valence-corrected chi connectivity index (χ2v) is 6.42. The number of tetrazole rings is 1. The lowest BCUT2D eigenvalue weighted by Gasteiger charge is -2.36. The molecule has 1 amide bonds. The zero-order valence-corrected chi connectivity index (χ0v) is 13.3. The van der Waals surface area contributed by atoms with Crippen molar-refractivity contribution in [3.05, 3.63) is 30.5 Å². The summed E-state index contributed by atoms with van der Waals surface area (Å²) >= 11 is 0. The van der Waals surface area contributed by atoms with Crippen molar-refractivity contribution in [2.75, 3.05) is 6.54 Å². The van der Waals surface area contributed by atoms with Crippen molar-refractivity contribution in [2.24, 2.45) is 5.41 Å². The highest BCUT2D eigenvalue weighted by Crippen LogP contribution is 2.40. The van der Waals surface area contributed by atoms with Gasteiger partial charge in [-0.3, -0.25) is 4.79 Å². The Bertz CT molecular complexity index is 588. The number of carbonyl (C=O) groups excluding carboxylic acids is 1. The largest absolute Gasteiger partial charge is 0.469 e. The molecule has 1 fully saturated rings. The SMILES string of the molecule is O=C(CC1(Cn2cnnn2)CCCCC1)NCCc1ccco1. The molecule has 7 nitrogen and oxygen atoms in total. The van der Waals surface area contributed by atoms with Crippen LogP contribution in [0.15, 0.2) is 29.1 Å². The van der Waals surface area contributed by atoms with Crippen LogP contribution in [0.1, 0.15) is 44.3 Å². The Morgan fingerprint density at radius 1 is 1.35 bits per heavy atom. The molecule has 1 N–H and O–H groups in total. The number of amides is 1. The van der Waals surface area contributed by atoms with E-state index in [0.29, 0.717) is 19.5 Å². The first-order valence-electron chi connectivity index (χ1n) is 8.26. The van der Waals surface area contributed by atoms with Crippen LogP contribution in [0.4, 0.5) is 0 Å². The summed E-state index contributed by atoms with van der Waals surface area (Å²) in [5.41, 5.74) is -0.0254. The monoisotopic (exact) mass is 317 g/mol. The molecule has 0 saturated heterocycles. The Hall–Kier alpha value is -2.18. The van der Waals surface area contributed by atoms with E-state index < -0.39 is 0 Å². The summed E-state index contributed by atoms with van der Waals surface area (Å²) in [7, 11) is 0. The van der Waals surface area contributed by atoms with Gasteiger partial charge in [-0.05, 0) is 40.8 Å². The molecule has 0 bridgehead atoms. The molecular weight excluding hydrogens is 294 g/mol. The lowest BCUT2D eigenvalue weighted by atomic mass is 9.71. The molecule has 0 spiro atoms. The Labute approximate surface area is 135 Å². The molecule has 1 aliphatic rings. The maximum atomic E-state index is 12.4. The molecule has 0 aromatic carbocycles. The molecule has 7 heteroatoms. The molecule has 1 saturated carbocycles. The minimum atomic E-state index is -0.0254. The van der Waals surface area contributed by atoms with Gasteiger partial charge in [0.25, 0.3) is 0 Å². The predicted octanol–water partition coefficient (Wildman–Crippen LogP) is 1.97. The predicted molar refractivity (Wildman–Crippen MR) is 83.4 cm³/mol. The molecule has 23 heavy (non-hydrogen) atoms. The molecule has 0 unspecified atom stereocenters. The van der Waals surface area contributed by atoms with Crippen molar-refractivity contribution in [2.45, 2.75) is 51.5 Å². The van der Waals surface area contributed by atoms with Gasteiger partial charge < -0.3 is 9.73 Å². The van der Waals surface area contributed by atoms with E-state index in [1.165, 1.54) is 19.3 Å². The van der Waals surface area contributed by atoms with Crippen LogP contribution in [0.25, 0.3) is 0 Å². The third-order valence-corrected chi connectivity index (χ3v) is 4.61. The van der Waals surface area contributed by atoms with Gasteiger partial charge in [-0.1, -0.05) is 19.3 Å². The summed E-state index contributed by atoms with van der Waals surface area (Å²) < 4.78 is 7.03. The first-order chi connectivity index (χ1) is 11.3. The van der Waals surface area contributed by atoms with Crippen molar-refractivity contribution < 1.29 is 9.21 Å². The van der Waals surface area contributed by atoms with E-state index in [-0.39, 0.29) is 11.3 Å². The van der Waals surface area contributed by atoms with Crippen LogP contribution in [0, 0.1) is 5.41 Å². The van der Waals surface area contributed by atoms with E-state index in [4.69, 9.17) is 4.42 Å². The van der Waals surface area contributed by atoms with Gasteiger partial charge in [0.05, 0.1) is 12.8 Å². The number of rotatable bonds is 7. The Morgan fingerprint density at radius 2 is 2.22 bits per heavy atom. The Morgan fingerprint density at radius 3 is 2.91 bits per heavy atom. The normalized spacial score (nSPS) is 17.0. The average Bonchev–Trinajstić information content (AvgIpc) is 3.21. The Balaban J connectivity index is 1.53. The summed E-state index contributed by atoms with van der Waals surface area (Å²) in [6.45, 7) is 1.32. The minimum absolute atomic E-state index is 0.0254. The Kier molecular flexibility index (Phi) is 5.05. The van der Waals surface area contributed by atoms with Crippen LogP contribution < -0.4 is 5.32 Å². The van der Waals surface area contributed by atoms with Crippen LogP contribution >= 0.6 is 0 Å². The molecule has 3 rings (SSSR count). The lowest BCUT2D eigenvalue weighted by Crippen LogP contribution is -2.37. The molecule has 2 heterocycles. The van der Waals surface area contributed by atoms with E-state index >= 15 is 0 Å². The van der Waals surface area contributed by atoms with Crippen LogP contribution in [0.5, 0.6) is 0 Å². The van der Waals surface area contributed by atoms with E-state index in [1.807, 2.05) is 12.1 Å². The van der Waals surface area contributed by atoms with Gasteiger partial charge in [0.1, 0.15) is 12.1 Å². The summed E-state index contributed by atoms with van der Waals surface area (Å²) in [6, 6.07) is 3.78. The summed E-state index contributed by atoms with van der Waals surface area (Å²) in [4.78, 5) is 12.4. The van der Waals surface area contributed by atoms with Crippen molar-refractivity contribution in [1.29, 1.82) is 0 Å². The highest BCUT2D eigenvalue weighted by Gasteiger charge is 2.35. The first-order valence-corrected chi connectivity index (χ1v) is 8.26. The maximum absolute atomic E-state index is 12.4. The number of nitrogens with one attached hydrogen (secondary N) is 1. The fourth-order valence-electron chi connectivity index (χ4n) is 3.47. The fraction of sp³-hybridized carbons (Fsp3) is 0.625. The van der Waals surface area contributed by atoms with Crippen LogP contribution in [0.3, 0.4) is 0 Å². The average molecular weight is 317 g/mol. The number of hydrogen-bond acceptors (Lipinski definition) is 5. The van der Waals surface area contributed by atoms with E-state index in [2.05, 4.69) is 20.8 Å². The van der Waals surface area contributed by atoms with Crippen molar-refractivity contribution in [3.63, 3.8) is 0 Å². The molecule has 0 radical (unpaired) electrons. The number of aromatic nitrogens is 4. The van der Waals surface area contributed by atoms with Gasteiger partial charge >= 0.3 is 0 Å². The third kappa shape index (κ3) is 4.40. The van der Waals surface area contributed by atoms with Gasteiger partial charge in [-0.2, -0.15) is 0 Å². The van der Waals surface area contributed by atoms with E-state index in [9.17, 15) is 4.79 Å². The second kappa shape index (κ2) is 7.39. The standard InChI is InChI=1S/C16H23N5O2/c22-15(17-9-6-14-5-4-10-23-14)11-16(7-2-1-3-8-16)12-21-13-18-19-20-21/h4-5,10,13H,1-3,6-9,11-12H2,(H,17,22). The molecular formula is C16H23N5O2. The molecule has 0 aliphatic heterocycles. The number of hydrogen-bond donors (Lipinski definition) is 1. The van der Waals surface area contributed by atoms with Crippen molar-refractivity contribution in [1.82, 2.24) is 25.5 Å². The minimum Gasteiger partial charge on any atom is -0.469 e. The highest BCUT2D eigenvalue weighted by molar-refractivity contribution is 5.76. The van der Waals surface area contributed by atoms with E-state index in [0.717, 1.165) is 25.0 Å². The molecule has 124 valence electrons. The van der Waals surface area contributed by atoms with Crippen molar-refractivity contribution in [3.8, 4) is 0 Å². The molecule has 1 aliphatic carbocycles. The van der Waals surface area contributed by atoms with Gasteiger partial charge in [-0.15, -0.1) is 5.10 Å². The van der Waals surface area contributed by atoms with Crippen molar-refractivity contribution >= 4 is 5.91 Å². The van der Waals surface area contributed by atoms with Crippen LogP contribution in [0.2, 0.25) is 0 Å². The smallest absolute Gasteiger partial charge is 0.220 e. The number of furan rings is 1. The van der Waals surface area contributed by atoms with Gasteiger partial charge in [0, 0.05) is 19.4 Å². The zero-order chi connectivity index (χ0) is 16.0. The molecule has 0 atom stereocenters. The fourth-order valence-corrected chi connectivity index (χ4v) is 3.47. The topological polar surface area (TPSA) is 85.8 Å². The first kappa shape index (κ1) is 15.7. The quantitative estimate of drug-likeness (QED) is 0.843. The van der Waals surface area contributed by atoms with Gasteiger partial charge in [0.2, 0.25) is 5.91 Å². The van der Waals surface area contributed by atoms with Gasteiger partial charge in [0.15, 0.2) is 0 Å². The summed E-state index contributed by atoms with van der Waals surface area (Å²) in [5, 5.41) is 14.4. The number of nitrogens with zero attached hydrogens (tertiary/aromatic N) is 4. The van der Waals surface area contributed by atoms with Crippen LogP contribution in [-0.4, -0.2) is 32.7 Å². The third-order valence-electron chi connectivity index (χ3n) is 4.61. The summed E-state index contributed by atoms with van der Waals surface area (Å²) in [6.07, 6.45) is 10.2.